The Bertz CT molecular complexity index is 734. The van der Waals surface area contributed by atoms with E-state index in [1.165, 1.54) is 11.2 Å². The largest absolute Gasteiger partial charge is 0.363 e. The standard InChI is InChI=1S/C11H11ClN6S/c1-6-3-13-8(19-6)4-14-10-7(2)9(12)17-11-15-5-16-18(10)11/h3,5,14H,4H2,1-2H3. The topological polar surface area (TPSA) is 68.0 Å². The van der Waals surface area contributed by atoms with Gasteiger partial charge in [0, 0.05) is 16.6 Å². The molecular weight excluding hydrogens is 284 g/mol. The van der Waals surface area contributed by atoms with E-state index in [0.717, 1.165) is 16.4 Å². The minimum atomic E-state index is 0.429. The molecule has 0 aliphatic carbocycles. The van der Waals surface area contributed by atoms with E-state index in [1.54, 1.807) is 15.9 Å². The van der Waals surface area contributed by atoms with Crippen molar-refractivity contribution in [2.45, 2.75) is 20.4 Å². The van der Waals surface area contributed by atoms with Crippen LogP contribution in [0.5, 0.6) is 0 Å². The normalized spacial score (nSPS) is 11.1. The molecule has 0 saturated carbocycles. The lowest BCUT2D eigenvalue weighted by Gasteiger charge is -2.10. The molecule has 3 aromatic rings. The second kappa shape index (κ2) is 4.75. The summed E-state index contributed by atoms with van der Waals surface area (Å²) in [7, 11) is 0. The lowest BCUT2D eigenvalue weighted by Crippen LogP contribution is -2.08. The minimum absolute atomic E-state index is 0.429. The van der Waals surface area contributed by atoms with Gasteiger partial charge >= 0.3 is 0 Å². The van der Waals surface area contributed by atoms with E-state index >= 15 is 0 Å². The van der Waals surface area contributed by atoms with Crippen LogP contribution in [0.1, 0.15) is 15.4 Å². The molecule has 6 nitrogen and oxygen atoms in total. The van der Waals surface area contributed by atoms with Crippen molar-refractivity contribution in [2.24, 2.45) is 0 Å². The average Bonchev–Trinajstić information content (AvgIpc) is 2.99. The number of thiazole rings is 1. The Kier molecular flexibility index (Phi) is 3.08. The number of aryl methyl sites for hydroxylation is 1. The molecular formula is C11H11ClN6S. The van der Waals surface area contributed by atoms with Gasteiger partial charge < -0.3 is 5.32 Å². The molecule has 0 spiro atoms. The van der Waals surface area contributed by atoms with Gasteiger partial charge in [0.05, 0.1) is 6.54 Å². The van der Waals surface area contributed by atoms with Gasteiger partial charge in [-0.3, -0.25) is 0 Å². The van der Waals surface area contributed by atoms with E-state index in [2.05, 4.69) is 25.4 Å². The number of hydrogen-bond donors (Lipinski definition) is 1. The molecule has 0 unspecified atom stereocenters. The Morgan fingerprint density at radius 1 is 1.37 bits per heavy atom. The zero-order valence-corrected chi connectivity index (χ0v) is 12.0. The third-order valence-electron chi connectivity index (χ3n) is 2.68. The van der Waals surface area contributed by atoms with Crippen molar-refractivity contribution in [3.8, 4) is 0 Å². The molecule has 0 aliphatic rings. The summed E-state index contributed by atoms with van der Waals surface area (Å²) in [6.45, 7) is 4.55. The van der Waals surface area contributed by atoms with Crippen LogP contribution in [0, 0.1) is 13.8 Å². The summed E-state index contributed by atoms with van der Waals surface area (Å²) >= 11 is 7.75. The summed E-state index contributed by atoms with van der Waals surface area (Å²) in [5.74, 6) is 1.27. The second-order valence-electron chi connectivity index (χ2n) is 4.07. The predicted molar refractivity (Wildman–Crippen MR) is 74.7 cm³/mol. The van der Waals surface area contributed by atoms with Crippen LogP contribution >= 0.6 is 22.9 Å². The quantitative estimate of drug-likeness (QED) is 0.752. The van der Waals surface area contributed by atoms with Crippen molar-refractivity contribution < 1.29 is 0 Å². The van der Waals surface area contributed by atoms with Crippen LogP contribution in [0.15, 0.2) is 12.5 Å². The van der Waals surface area contributed by atoms with E-state index in [0.29, 0.717) is 17.5 Å². The summed E-state index contributed by atoms with van der Waals surface area (Å²) in [5, 5.41) is 8.88. The highest BCUT2D eigenvalue weighted by Crippen LogP contribution is 2.23. The number of nitrogens with zero attached hydrogens (tertiary/aromatic N) is 5. The van der Waals surface area contributed by atoms with Crippen molar-refractivity contribution in [2.75, 3.05) is 5.32 Å². The van der Waals surface area contributed by atoms with Crippen molar-refractivity contribution in [1.82, 2.24) is 24.6 Å². The Morgan fingerprint density at radius 3 is 2.95 bits per heavy atom. The fourth-order valence-corrected chi connectivity index (χ4v) is 2.64. The van der Waals surface area contributed by atoms with Gasteiger partial charge in [-0.1, -0.05) is 11.6 Å². The first kappa shape index (κ1) is 12.3. The number of aromatic nitrogens is 5. The van der Waals surface area contributed by atoms with Gasteiger partial charge in [0.25, 0.3) is 5.78 Å². The van der Waals surface area contributed by atoms with Crippen molar-refractivity contribution >= 4 is 34.5 Å². The van der Waals surface area contributed by atoms with Crippen LogP contribution in [0.25, 0.3) is 5.78 Å². The fourth-order valence-electron chi connectivity index (χ4n) is 1.75. The molecule has 0 aromatic carbocycles. The fraction of sp³-hybridized carbons (Fsp3) is 0.273. The molecule has 0 fully saturated rings. The lowest BCUT2D eigenvalue weighted by molar-refractivity contribution is 0.912. The number of nitrogens with one attached hydrogen (secondary N) is 1. The van der Waals surface area contributed by atoms with Gasteiger partial charge in [0.1, 0.15) is 22.3 Å². The molecule has 3 rings (SSSR count). The SMILES string of the molecule is Cc1cnc(CNc2c(C)c(Cl)nc3ncnn23)s1. The maximum Gasteiger partial charge on any atom is 0.255 e. The van der Waals surface area contributed by atoms with Crippen LogP contribution in [-0.2, 0) is 6.54 Å². The van der Waals surface area contributed by atoms with Crippen LogP contribution in [-0.4, -0.2) is 24.6 Å². The Labute approximate surface area is 118 Å². The van der Waals surface area contributed by atoms with Crippen LogP contribution in [0.3, 0.4) is 0 Å². The molecule has 8 heteroatoms. The number of anilines is 1. The first-order valence-electron chi connectivity index (χ1n) is 5.66. The second-order valence-corrected chi connectivity index (χ2v) is 5.74. The van der Waals surface area contributed by atoms with Gasteiger partial charge in [0.2, 0.25) is 0 Å². The molecule has 98 valence electrons. The summed E-state index contributed by atoms with van der Waals surface area (Å²) in [6, 6.07) is 0. The van der Waals surface area contributed by atoms with Crippen LogP contribution in [0.4, 0.5) is 5.82 Å². The third kappa shape index (κ3) is 2.26. The molecule has 0 amide bonds. The molecule has 3 heterocycles. The van der Waals surface area contributed by atoms with E-state index in [1.807, 2.05) is 20.0 Å². The van der Waals surface area contributed by atoms with Crippen LogP contribution in [0.2, 0.25) is 5.15 Å². The molecule has 1 N–H and O–H groups in total. The Morgan fingerprint density at radius 2 is 2.21 bits per heavy atom. The van der Waals surface area contributed by atoms with E-state index in [-0.39, 0.29) is 0 Å². The van der Waals surface area contributed by atoms with Gasteiger partial charge in [-0.15, -0.1) is 11.3 Å². The van der Waals surface area contributed by atoms with Crippen LogP contribution < -0.4 is 5.32 Å². The summed E-state index contributed by atoms with van der Waals surface area (Å²) in [5.41, 5.74) is 0.841. The highest BCUT2D eigenvalue weighted by molar-refractivity contribution is 7.11. The van der Waals surface area contributed by atoms with E-state index in [4.69, 9.17) is 11.6 Å². The molecule has 0 atom stereocenters. The van der Waals surface area contributed by atoms with Crippen molar-refractivity contribution in [1.29, 1.82) is 0 Å². The van der Waals surface area contributed by atoms with Crippen molar-refractivity contribution in [3.63, 3.8) is 0 Å². The molecule has 0 radical (unpaired) electrons. The highest BCUT2D eigenvalue weighted by atomic mass is 35.5. The summed E-state index contributed by atoms with van der Waals surface area (Å²) < 4.78 is 1.64. The molecule has 0 saturated heterocycles. The smallest absolute Gasteiger partial charge is 0.255 e. The Hall–Kier alpha value is -1.73. The molecule has 3 aromatic heterocycles. The zero-order chi connectivity index (χ0) is 13.4. The predicted octanol–water partition coefficient (Wildman–Crippen LogP) is 2.46. The molecule has 19 heavy (non-hydrogen) atoms. The maximum atomic E-state index is 6.09. The van der Waals surface area contributed by atoms with Gasteiger partial charge in [-0.2, -0.15) is 19.6 Å². The average molecular weight is 295 g/mol. The first-order chi connectivity index (χ1) is 9.15. The molecule has 0 bridgehead atoms. The lowest BCUT2D eigenvalue weighted by atomic mass is 10.3. The summed E-state index contributed by atoms with van der Waals surface area (Å²) in [4.78, 5) is 13.7. The number of halogens is 1. The summed E-state index contributed by atoms with van der Waals surface area (Å²) in [6.07, 6.45) is 3.32. The van der Waals surface area contributed by atoms with Gasteiger partial charge in [0.15, 0.2) is 0 Å². The third-order valence-corrected chi connectivity index (χ3v) is 3.96. The maximum absolute atomic E-state index is 6.09. The first-order valence-corrected chi connectivity index (χ1v) is 6.85. The number of fused-ring (bicyclic) bond motifs is 1. The van der Waals surface area contributed by atoms with Gasteiger partial charge in [-0.25, -0.2) is 4.98 Å². The minimum Gasteiger partial charge on any atom is -0.363 e. The van der Waals surface area contributed by atoms with Crippen molar-refractivity contribution in [3.05, 3.63) is 33.1 Å². The van der Waals surface area contributed by atoms with E-state index in [9.17, 15) is 0 Å². The van der Waals surface area contributed by atoms with Gasteiger partial charge in [-0.05, 0) is 13.8 Å². The number of rotatable bonds is 3. The Balaban J connectivity index is 1.95. The zero-order valence-electron chi connectivity index (χ0n) is 10.4. The van der Waals surface area contributed by atoms with E-state index < -0.39 is 0 Å². The molecule has 0 aliphatic heterocycles. The number of hydrogen-bond acceptors (Lipinski definition) is 6. The monoisotopic (exact) mass is 294 g/mol. The highest BCUT2D eigenvalue weighted by Gasteiger charge is 2.12.